The lowest BCUT2D eigenvalue weighted by Gasteiger charge is -2.34. The molecule has 3 aromatic carbocycles. The molecule has 0 saturated carbocycles. The molecule has 1 aliphatic rings. The van der Waals surface area contributed by atoms with E-state index in [-0.39, 0.29) is 46.3 Å². The van der Waals surface area contributed by atoms with Crippen LogP contribution in [-0.4, -0.2) is 77.9 Å². The maximum Gasteiger partial charge on any atom is 0.262 e. The van der Waals surface area contributed by atoms with E-state index < -0.39 is 5.91 Å². The first-order valence-corrected chi connectivity index (χ1v) is 16.4. The number of likely N-dealkylation sites (N-methyl/N-ethyl adjacent to an activating group) is 2. The Morgan fingerprint density at radius 2 is 1.71 bits per heavy atom. The van der Waals surface area contributed by atoms with Gasteiger partial charge in [0.2, 0.25) is 17.7 Å². The van der Waals surface area contributed by atoms with Gasteiger partial charge in [0.15, 0.2) is 0 Å². The molecule has 1 saturated heterocycles. The predicted octanol–water partition coefficient (Wildman–Crippen LogP) is 6.84. The van der Waals surface area contributed by atoms with Crippen LogP contribution in [0, 0.1) is 19.7 Å². The normalized spacial score (nSPS) is 13.3. The van der Waals surface area contributed by atoms with E-state index in [9.17, 15) is 9.59 Å². The van der Waals surface area contributed by atoms with Crippen LogP contribution in [0.1, 0.15) is 40.9 Å². The van der Waals surface area contributed by atoms with Crippen molar-refractivity contribution >= 4 is 46.4 Å². The van der Waals surface area contributed by atoms with Gasteiger partial charge in [0.05, 0.1) is 17.1 Å². The number of amides is 2. The molecule has 2 N–H and O–H groups in total. The van der Waals surface area contributed by atoms with Crippen molar-refractivity contribution in [3.63, 3.8) is 0 Å². The molecule has 4 aromatic rings. The summed E-state index contributed by atoms with van der Waals surface area (Å²) in [5, 5.41) is 6.23. The summed E-state index contributed by atoms with van der Waals surface area (Å²) in [6.45, 7) is 12.1. The smallest absolute Gasteiger partial charge is 0.262 e. The minimum absolute atomic E-state index is 0.00490. The molecule has 0 atom stereocenters. The Morgan fingerprint density at radius 1 is 1.00 bits per heavy atom. The number of carbonyl (C=O) groups is 2. The number of hydrogen-bond donors (Lipinski definition) is 2. The number of halogens is 2. The zero-order valence-electron chi connectivity index (χ0n) is 27.9. The van der Waals surface area contributed by atoms with Crippen LogP contribution in [0.3, 0.4) is 0 Å². The average molecular weight is 674 g/mol. The highest BCUT2D eigenvalue weighted by molar-refractivity contribution is 6.32. The first-order valence-electron chi connectivity index (χ1n) is 16.0. The number of aryl methyl sites for hydroxylation is 2. The van der Waals surface area contributed by atoms with Crippen molar-refractivity contribution in [3.8, 4) is 11.6 Å². The third-order valence-electron chi connectivity index (χ3n) is 8.44. The molecule has 2 heterocycles. The van der Waals surface area contributed by atoms with Crippen molar-refractivity contribution < 1.29 is 18.7 Å². The lowest BCUT2D eigenvalue weighted by Crippen LogP contribution is -2.44. The zero-order chi connectivity index (χ0) is 34.4. The minimum Gasteiger partial charge on any atom is -0.436 e. The molecule has 1 fully saturated rings. The number of nitrogens with one attached hydrogen (secondary N) is 2. The fourth-order valence-electron chi connectivity index (χ4n) is 5.57. The number of anilines is 4. The van der Waals surface area contributed by atoms with Crippen LogP contribution < -0.4 is 20.3 Å². The molecule has 0 unspecified atom stereocenters. The van der Waals surface area contributed by atoms with Gasteiger partial charge in [0, 0.05) is 56.8 Å². The number of hydrogen-bond acceptors (Lipinski definition) is 8. The quantitative estimate of drug-likeness (QED) is 0.179. The Bertz CT molecular complexity index is 1770. The van der Waals surface area contributed by atoms with E-state index in [1.165, 1.54) is 12.3 Å². The van der Waals surface area contributed by atoms with Gasteiger partial charge in [0.25, 0.3) is 5.91 Å². The summed E-state index contributed by atoms with van der Waals surface area (Å²) in [6.07, 6.45) is 1.55. The monoisotopic (exact) mass is 673 g/mol. The number of nitrogens with zero attached hydrogens (tertiary/aromatic N) is 5. The molecule has 0 spiro atoms. The summed E-state index contributed by atoms with van der Waals surface area (Å²) in [5.41, 5.74) is 4.22. The van der Waals surface area contributed by atoms with Crippen LogP contribution in [0.15, 0.2) is 60.8 Å². The Labute approximate surface area is 285 Å². The Morgan fingerprint density at radius 3 is 2.35 bits per heavy atom. The van der Waals surface area contributed by atoms with Gasteiger partial charge in [-0.3, -0.25) is 9.59 Å². The van der Waals surface area contributed by atoms with Crippen molar-refractivity contribution in [2.45, 2.75) is 34.1 Å². The van der Waals surface area contributed by atoms with Gasteiger partial charge in [-0.05, 0) is 81.8 Å². The minimum atomic E-state index is -0.478. The fourth-order valence-corrected chi connectivity index (χ4v) is 5.82. The first-order chi connectivity index (χ1) is 23.1. The second kappa shape index (κ2) is 15.4. The van der Waals surface area contributed by atoms with E-state index >= 15 is 4.39 Å². The number of ether oxygens (including phenoxy) is 1. The second-order valence-corrected chi connectivity index (χ2v) is 12.2. The zero-order valence-corrected chi connectivity index (χ0v) is 28.7. The van der Waals surface area contributed by atoms with Crippen molar-refractivity contribution in [1.82, 2.24) is 19.8 Å². The highest BCUT2D eigenvalue weighted by Gasteiger charge is 2.22. The van der Waals surface area contributed by atoms with Crippen LogP contribution in [0.5, 0.6) is 11.6 Å². The summed E-state index contributed by atoms with van der Waals surface area (Å²) < 4.78 is 21.4. The van der Waals surface area contributed by atoms with Gasteiger partial charge in [-0.2, -0.15) is 4.98 Å². The van der Waals surface area contributed by atoms with Crippen LogP contribution in [-0.2, 0) is 11.2 Å². The lowest BCUT2D eigenvalue weighted by atomic mass is 10.1. The highest BCUT2D eigenvalue weighted by atomic mass is 35.5. The van der Waals surface area contributed by atoms with Crippen molar-refractivity contribution in [2.75, 3.05) is 61.8 Å². The molecule has 10 nitrogen and oxygen atoms in total. The number of carbonyl (C=O) groups excluding carboxylic acids is 2. The third kappa shape index (κ3) is 8.21. The van der Waals surface area contributed by atoms with E-state index in [0.717, 1.165) is 42.9 Å². The molecule has 48 heavy (non-hydrogen) atoms. The molecule has 1 aromatic heterocycles. The van der Waals surface area contributed by atoms with Gasteiger partial charge >= 0.3 is 0 Å². The number of para-hydroxylation sites is 1. The molecule has 0 aliphatic carbocycles. The Hall–Kier alpha value is -4.74. The predicted molar refractivity (Wildman–Crippen MR) is 188 cm³/mol. The molecular weight excluding hydrogens is 633 g/mol. The molecule has 2 amide bonds. The van der Waals surface area contributed by atoms with E-state index in [1.54, 1.807) is 35.2 Å². The van der Waals surface area contributed by atoms with Crippen LogP contribution in [0.25, 0.3) is 0 Å². The van der Waals surface area contributed by atoms with E-state index in [4.69, 9.17) is 16.3 Å². The largest absolute Gasteiger partial charge is 0.436 e. The third-order valence-corrected chi connectivity index (χ3v) is 8.74. The number of piperazine rings is 1. The SMILES string of the molecule is CCN(CC)C(=O)Cc1ccc(Oc2nc(Nc3ccc(N4CCN(C)CC4)c(F)c3)ncc2C(=O)Nc2c(C)cccc2C)c(Cl)c1. The van der Waals surface area contributed by atoms with Gasteiger partial charge < -0.3 is 30.1 Å². The van der Waals surface area contributed by atoms with Crippen LogP contribution in [0.4, 0.5) is 27.4 Å². The standard InChI is InChI=1S/C36H41ClFN7O3/c1-6-44(7-2)32(46)20-25-11-14-31(28(37)19-25)48-35-27(34(47)41-33-23(3)9-8-10-24(33)4)22-39-36(42-35)40-26-12-13-30(29(38)21-26)45-17-15-43(5)16-18-45/h8-14,19,21-22H,6-7,15-18,20H2,1-5H3,(H,41,47)(H,39,40,42). The maximum absolute atomic E-state index is 15.2. The average Bonchev–Trinajstić information content (AvgIpc) is 3.05. The summed E-state index contributed by atoms with van der Waals surface area (Å²) in [4.78, 5) is 41.1. The maximum atomic E-state index is 15.2. The Balaban J connectivity index is 1.42. The number of rotatable bonds is 11. The molecule has 0 radical (unpaired) electrons. The molecule has 5 rings (SSSR count). The van der Waals surface area contributed by atoms with Gasteiger partial charge in [-0.1, -0.05) is 35.9 Å². The summed E-state index contributed by atoms with van der Waals surface area (Å²) in [7, 11) is 2.05. The number of benzene rings is 3. The molecule has 0 bridgehead atoms. The van der Waals surface area contributed by atoms with Gasteiger partial charge in [-0.25, -0.2) is 9.37 Å². The van der Waals surface area contributed by atoms with E-state index in [1.807, 2.05) is 50.8 Å². The van der Waals surface area contributed by atoms with Gasteiger partial charge in [0.1, 0.15) is 17.1 Å². The topological polar surface area (TPSA) is 103 Å². The van der Waals surface area contributed by atoms with Crippen molar-refractivity contribution in [1.29, 1.82) is 0 Å². The summed E-state index contributed by atoms with van der Waals surface area (Å²) in [5.74, 6) is -0.567. The second-order valence-electron chi connectivity index (χ2n) is 11.8. The molecular formula is C36H41ClFN7O3. The lowest BCUT2D eigenvalue weighted by molar-refractivity contribution is -0.130. The van der Waals surface area contributed by atoms with E-state index in [0.29, 0.717) is 30.2 Å². The molecule has 1 aliphatic heterocycles. The molecule has 12 heteroatoms. The van der Waals surface area contributed by atoms with Crippen LogP contribution in [0.2, 0.25) is 5.02 Å². The highest BCUT2D eigenvalue weighted by Crippen LogP contribution is 2.33. The number of aromatic nitrogens is 2. The van der Waals surface area contributed by atoms with Gasteiger partial charge in [-0.15, -0.1) is 0 Å². The van der Waals surface area contributed by atoms with Crippen molar-refractivity contribution in [3.05, 3.63) is 93.9 Å². The fraction of sp³-hybridized carbons (Fsp3) is 0.333. The first kappa shape index (κ1) is 34.6. The molecule has 252 valence electrons. The van der Waals surface area contributed by atoms with Crippen LogP contribution >= 0.6 is 11.6 Å². The summed E-state index contributed by atoms with van der Waals surface area (Å²) >= 11 is 6.63. The summed E-state index contributed by atoms with van der Waals surface area (Å²) in [6, 6.07) is 15.7. The van der Waals surface area contributed by atoms with E-state index in [2.05, 4.69) is 32.5 Å². The Kier molecular flexibility index (Phi) is 11.1. The van der Waals surface area contributed by atoms with Crippen molar-refractivity contribution in [2.24, 2.45) is 0 Å².